The van der Waals surface area contributed by atoms with Crippen molar-refractivity contribution < 1.29 is 28.5 Å². The molecule has 0 aliphatic heterocycles. The largest absolute Gasteiger partial charge is 0.493 e. The molecule has 2 aromatic rings. The van der Waals surface area contributed by atoms with Crippen molar-refractivity contribution in [2.45, 2.75) is 26.2 Å². The van der Waals surface area contributed by atoms with Gasteiger partial charge in [0.2, 0.25) is 0 Å². The van der Waals surface area contributed by atoms with Crippen LogP contribution in [0.5, 0.6) is 22.3 Å². The molecule has 0 unspecified atom stereocenters. The lowest BCUT2D eigenvalue weighted by molar-refractivity contribution is 0.0531. The van der Waals surface area contributed by atoms with E-state index >= 15 is 0 Å². The Kier molecular flexibility index (Phi) is 5.46. The molecule has 1 heterocycles. The molecule has 0 saturated heterocycles. The molecule has 0 fully saturated rings. The average Bonchev–Trinajstić information content (AvgIpc) is 3.01. The van der Waals surface area contributed by atoms with Crippen LogP contribution in [0.1, 0.15) is 45.4 Å². The van der Waals surface area contributed by atoms with Crippen LogP contribution in [0.4, 0.5) is 0 Å². The fourth-order valence-corrected chi connectivity index (χ4v) is 4.07. The Morgan fingerprint density at radius 3 is 2.62 bits per heavy atom. The van der Waals surface area contributed by atoms with Crippen LogP contribution < -0.4 is 14.2 Å². The quantitative estimate of drug-likeness (QED) is 0.702. The maximum absolute atomic E-state index is 12.4. The second-order valence-electron chi connectivity index (χ2n) is 5.69. The molecule has 3 rings (SSSR count). The first-order valence-electron chi connectivity index (χ1n) is 8.34. The number of thiophene rings is 1. The second kappa shape index (κ2) is 7.78. The summed E-state index contributed by atoms with van der Waals surface area (Å²) in [7, 11) is 3.09. The van der Waals surface area contributed by atoms with Crippen LogP contribution in [-0.4, -0.2) is 32.6 Å². The summed E-state index contributed by atoms with van der Waals surface area (Å²) in [6.07, 6.45) is 1.85. The van der Waals surface area contributed by atoms with Crippen molar-refractivity contribution in [2.75, 3.05) is 20.8 Å². The monoisotopic (exact) mass is 376 g/mol. The molecule has 0 amide bonds. The number of hydrogen-bond acceptors (Lipinski definition) is 7. The molecule has 0 atom stereocenters. The van der Waals surface area contributed by atoms with Crippen LogP contribution in [0.2, 0.25) is 0 Å². The predicted molar refractivity (Wildman–Crippen MR) is 97.2 cm³/mol. The highest BCUT2D eigenvalue weighted by atomic mass is 32.1. The number of carbonyl (C=O) groups is 2. The van der Waals surface area contributed by atoms with Gasteiger partial charge in [0.05, 0.1) is 26.4 Å². The van der Waals surface area contributed by atoms with E-state index in [4.69, 9.17) is 18.9 Å². The number of rotatable bonds is 6. The Bertz CT molecular complexity index is 839. The lowest BCUT2D eigenvalue weighted by atomic mass is 9.92. The highest BCUT2D eigenvalue weighted by molar-refractivity contribution is 7.16. The number of benzene rings is 1. The molecule has 0 N–H and O–H groups in total. The Morgan fingerprint density at radius 1 is 1.15 bits per heavy atom. The minimum Gasteiger partial charge on any atom is -0.493 e. The summed E-state index contributed by atoms with van der Waals surface area (Å²) in [5, 5.41) is 0.417. The lowest BCUT2D eigenvalue weighted by Crippen LogP contribution is -2.13. The molecule has 0 radical (unpaired) electrons. The zero-order chi connectivity index (χ0) is 18.7. The van der Waals surface area contributed by atoms with Gasteiger partial charge in [0.1, 0.15) is 10.6 Å². The van der Waals surface area contributed by atoms with Crippen LogP contribution >= 0.6 is 11.3 Å². The topological polar surface area (TPSA) is 71.1 Å². The number of Topliss-reactive ketones (excluding diaryl/α,β-unsaturated/α-hetero) is 1. The van der Waals surface area contributed by atoms with E-state index in [1.807, 2.05) is 0 Å². The number of carbonyl (C=O) groups excluding carboxylic acids is 2. The normalized spacial score (nSPS) is 13.1. The minimum absolute atomic E-state index is 0.00600. The van der Waals surface area contributed by atoms with Crippen molar-refractivity contribution in [3.05, 3.63) is 34.2 Å². The molecule has 7 heteroatoms. The molecule has 1 aliphatic rings. The Labute approximate surface area is 155 Å². The Morgan fingerprint density at radius 2 is 1.92 bits per heavy atom. The minimum atomic E-state index is -0.411. The third-order valence-electron chi connectivity index (χ3n) is 4.11. The summed E-state index contributed by atoms with van der Waals surface area (Å²) in [6, 6.07) is 5.13. The Balaban J connectivity index is 2.00. The summed E-state index contributed by atoms with van der Waals surface area (Å²) >= 11 is 1.16. The summed E-state index contributed by atoms with van der Waals surface area (Å²) in [6.45, 7) is 2.04. The number of hydrogen-bond donors (Lipinski definition) is 0. The van der Waals surface area contributed by atoms with E-state index in [-0.39, 0.29) is 12.4 Å². The van der Waals surface area contributed by atoms with Crippen LogP contribution in [0.15, 0.2) is 18.2 Å². The van der Waals surface area contributed by atoms with Gasteiger partial charge in [-0.05, 0) is 37.5 Å². The van der Waals surface area contributed by atoms with Crippen molar-refractivity contribution in [3.63, 3.8) is 0 Å². The predicted octanol–water partition coefficient (Wildman–Crippen LogP) is 4.25. The van der Waals surface area contributed by atoms with E-state index in [2.05, 4.69) is 0 Å². The fourth-order valence-electron chi connectivity index (χ4n) is 2.93. The summed E-state index contributed by atoms with van der Waals surface area (Å²) < 4.78 is 21.6. The number of esters is 1. The smallest absolute Gasteiger partial charge is 0.348 e. The van der Waals surface area contributed by atoms with E-state index in [1.165, 1.54) is 7.11 Å². The highest BCUT2D eigenvalue weighted by Crippen LogP contribution is 2.43. The third-order valence-corrected chi connectivity index (χ3v) is 5.20. The number of fused-ring (bicyclic) bond motifs is 1. The van der Waals surface area contributed by atoms with E-state index in [0.29, 0.717) is 45.6 Å². The highest BCUT2D eigenvalue weighted by Gasteiger charge is 2.31. The molecule has 1 aromatic heterocycles. The maximum Gasteiger partial charge on any atom is 0.348 e. The van der Waals surface area contributed by atoms with Crippen molar-refractivity contribution in [1.82, 2.24) is 0 Å². The molecule has 0 spiro atoms. The van der Waals surface area contributed by atoms with E-state index in [9.17, 15) is 9.59 Å². The average molecular weight is 376 g/mol. The zero-order valence-corrected chi connectivity index (χ0v) is 15.7. The van der Waals surface area contributed by atoms with Gasteiger partial charge in [-0.3, -0.25) is 4.79 Å². The van der Waals surface area contributed by atoms with Gasteiger partial charge >= 0.3 is 5.97 Å². The van der Waals surface area contributed by atoms with Gasteiger partial charge in [0.15, 0.2) is 22.3 Å². The van der Waals surface area contributed by atoms with Crippen LogP contribution in [0.3, 0.4) is 0 Å². The van der Waals surface area contributed by atoms with Gasteiger partial charge in [0, 0.05) is 12.5 Å². The van der Waals surface area contributed by atoms with Crippen molar-refractivity contribution in [2.24, 2.45) is 0 Å². The van der Waals surface area contributed by atoms with E-state index in [0.717, 1.165) is 23.3 Å². The van der Waals surface area contributed by atoms with Gasteiger partial charge in [-0.1, -0.05) is 11.3 Å². The zero-order valence-electron chi connectivity index (χ0n) is 14.9. The summed E-state index contributed by atoms with van der Waals surface area (Å²) in [5.41, 5.74) is 1.24. The van der Waals surface area contributed by atoms with Gasteiger partial charge in [-0.25, -0.2) is 4.79 Å². The van der Waals surface area contributed by atoms with Crippen molar-refractivity contribution in [1.29, 1.82) is 0 Å². The molecule has 1 aliphatic carbocycles. The summed E-state index contributed by atoms with van der Waals surface area (Å²) in [5.74, 6) is 1.18. The van der Waals surface area contributed by atoms with E-state index < -0.39 is 5.97 Å². The first kappa shape index (κ1) is 18.3. The molecule has 0 saturated carbocycles. The molecule has 138 valence electrons. The molecule has 6 nitrogen and oxygen atoms in total. The second-order valence-corrected chi connectivity index (χ2v) is 6.67. The number of ether oxygens (including phenoxy) is 4. The standard InChI is InChI=1S/C19H20O6S/c1-4-24-18(21)17-12-6-5-7-13(20)16(12)19(26-17)25-11-8-9-14(22-2)15(10-11)23-3/h8-10H,4-7H2,1-3H3. The van der Waals surface area contributed by atoms with Crippen LogP contribution in [0.25, 0.3) is 0 Å². The van der Waals surface area contributed by atoms with Gasteiger partial charge in [-0.15, -0.1) is 0 Å². The Hall–Kier alpha value is -2.54. The van der Waals surface area contributed by atoms with Crippen molar-refractivity contribution in [3.8, 4) is 22.3 Å². The molecule has 0 bridgehead atoms. The van der Waals surface area contributed by atoms with Crippen molar-refractivity contribution >= 4 is 23.1 Å². The van der Waals surface area contributed by atoms with Gasteiger partial charge < -0.3 is 18.9 Å². The maximum atomic E-state index is 12.4. The first-order valence-corrected chi connectivity index (χ1v) is 9.16. The third kappa shape index (κ3) is 3.39. The molecule has 1 aromatic carbocycles. The lowest BCUT2D eigenvalue weighted by Gasteiger charge is -2.14. The fraction of sp³-hybridized carbons (Fsp3) is 0.368. The molecule has 26 heavy (non-hydrogen) atoms. The SMILES string of the molecule is CCOC(=O)c1sc(Oc2ccc(OC)c(OC)c2)c2c1CCCC2=O. The number of methoxy groups -OCH3 is 2. The number of ketones is 1. The van der Waals surface area contributed by atoms with Crippen LogP contribution in [0, 0.1) is 0 Å². The molecular weight excluding hydrogens is 356 g/mol. The first-order chi connectivity index (χ1) is 12.6. The van der Waals surface area contributed by atoms with E-state index in [1.54, 1.807) is 32.2 Å². The van der Waals surface area contributed by atoms with Gasteiger partial charge in [-0.2, -0.15) is 0 Å². The van der Waals surface area contributed by atoms with Crippen LogP contribution in [-0.2, 0) is 11.2 Å². The molecular formula is C19H20O6S. The van der Waals surface area contributed by atoms with Gasteiger partial charge in [0.25, 0.3) is 0 Å². The summed E-state index contributed by atoms with van der Waals surface area (Å²) in [4.78, 5) is 25.2.